The van der Waals surface area contributed by atoms with E-state index in [1.165, 1.54) is 65.8 Å². The summed E-state index contributed by atoms with van der Waals surface area (Å²) in [4.78, 5) is 11.7. The van der Waals surface area contributed by atoms with Gasteiger partial charge >= 0.3 is 0 Å². The summed E-state index contributed by atoms with van der Waals surface area (Å²) in [5.41, 5.74) is 24.3. The number of furan rings is 1. The van der Waals surface area contributed by atoms with Crippen molar-refractivity contribution in [2.45, 2.75) is 19.3 Å². The number of hydrogen-bond acceptors (Lipinski definition) is 3. The molecule has 0 bridgehead atoms. The molecule has 0 N–H and O–H groups in total. The molecule has 0 saturated carbocycles. The second-order valence-corrected chi connectivity index (χ2v) is 26.4. The summed E-state index contributed by atoms with van der Waals surface area (Å²) in [7, 11) is 0. The van der Waals surface area contributed by atoms with E-state index < -0.39 is 0 Å². The Hall–Kier alpha value is -12.6. The summed E-state index contributed by atoms with van der Waals surface area (Å²) in [6, 6.07) is 111. The first-order chi connectivity index (χ1) is 47.4. The zero-order chi connectivity index (χ0) is 63.1. The van der Waals surface area contributed by atoms with Gasteiger partial charge in [0.05, 0.1) is 55.5 Å². The molecule has 0 spiro atoms. The van der Waals surface area contributed by atoms with Crippen molar-refractivity contribution in [3.05, 3.63) is 314 Å². The smallest absolute Gasteiger partial charge is 0.237 e. The van der Waals surface area contributed by atoms with Crippen LogP contribution in [0.15, 0.2) is 308 Å². The Morgan fingerprint density at radius 3 is 1.48 bits per heavy atom. The first-order valence-electron chi connectivity index (χ1n) is 33.0. The quantitative estimate of drug-likeness (QED) is 0.160. The maximum absolute atomic E-state index is 6.30. The van der Waals surface area contributed by atoms with Crippen LogP contribution in [0.25, 0.3) is 188 Å². The van der Waals surface area contributed by atoms with Gasteiger partial charge in [0.2, 0.25) is 5.95 Å². The van der Waals surface area contributed by atoms with Gasteiger partial charge in [0.15, 0.2) is 0 Å². The Morgan fingerprint density at radius 1 is 0.271 bits per heavy atom. The predicted molar refractivity (Wildman–Crippen MR) is 398 cm³/mol. The number of rotatable bonds is 7. The summed E-state index contributed by atoms with van der Waals surface area (Å²) in [5, 5.41) is 13.9. The maximum Gasteiger partial charge on any atom is 0.237 e. The van der Waals surface area contributed by atoms with Gasteiger partial charge in [-0.3, -0.25) is 9.13 Å². The molecule has 0 radical (unpaired) electrons. The molecule has 0 saturated heterocycles. The lowest BCUT2D eigenvalue weighted by Gasteiger charge is -2.21. The minimum atomic E-state index is -0.229. The van der Waals surface area contributed by atoms with E-state index >= 15 is 0 Å². The highest BCUT2D eigenvalue weighted by atomic mass is 16.3. The SMILES string of the molecule is CC1(C)c2ccccc2-c2cc3c4ccccc4n(-c4nc(-c5ccc(-n6c7ccccc7c7ccc(-c8ccc9c(c8)c8ccccc8n9-c8ccccc8)cc76)c6ccccc56)cc(-n5c6ccccc6c6cc(-c7ccc8oc9ccccc9c8c7)ccc65)n4)c3cc21. The van der Waals surface area contributed by atoms with Crippen molar-refractivity contribution in [2.24, 2.45) is 0 Å². The molecule has 7 nitrogen and oxygen atoms in total. The molecule has 96 heavy (non-hydrogen) atoms. The monoisotopic (exact) mass is 1220 g/mol. The zero-order valence-electron chi connectivity index (χ0n) is 52.5. The van der Waals surface area contributed by atoms with E-state index in [9.17, 15) is 0 Å². The van der Waals surface area contributed by atoms with Crippen LogP contribution in [0.4, 0.5) is 0 Å². The van der Waals surface area contributed by atoms with Crippen LogP contribution in [0, 0.1) is 0 Å². The number of benzene rings is 14. The van der Waals surface area contributed by atoms with E-state index in [2.05, 4.69) is 323 Å². The lowest BCUT2D eigenvalue weighted by molar-refractivity contribution is 0.661. The van der Waals surface area contributed by atoms with Crippen LogP contribution in [0.2, 0.25) is 0 Å². The molecular weight excluding hydrogens is 1170 g/mol. The van der Waals surface area contributed by atoms with E-state index in [4.69, 9.17) is 14.4 Å². The molecule has 0 aliphatic heterocycles. The fourth-order valence-corrected chi connectivity index (χ4v) is 16.6. The lowest BCUT2D eigenvalue weighted by Crippen LogP contribution is -2.15. The van der Waals surface area contributed by atoms with Crippen molar-refractivity contribution >= 4 is 120 Å². The summed E-state index contributed by atoms with van der Waals surface area (Å²) in [6.45, 7) is 4.72. The Bertz CT molecular complexity index is 6750. The molecule has 6 heterocycles. The molecule has 448 valence electrons. The molecule has 6 aromatic heterocycles. The third kappa shape index (κ3) is 7.47. The number of fused-ring (bicyclic) bond motifs is 19. The van der Waals surface area contributed by atoms with Crippen molar-refractivity contribution < 1.29 is 4.42 Å². The Balaban J connectivity index is 0.782. The van der Waals surface area contributed by atoms with E-state index in [0.717, 1.165) is 127 Å². The van der Waals surface area contributed by atoms with E-state index in [1.54, 1.807) is 0 Å². The number of para-hydroxylation sites is 6. The minimum Gasteiger partial charge on any atom is -0.456 e. The first-order valence-corrected chi connectivity index (χ1v) is 33.0. The van der Waals surface area contributed by atoms with Gasteiger partial charge in [0, 0.05) is 82.0 Å². The van der Waals surface area contributed by atoms with Crippen LogP contribution in [0.3, 0.4) is 0 Å². The number of nitrogens with zero attached hydrogens (tertiary/aromatic N) is 6. The van der Waals surface area contributed by atoms with Crippen LogP contribution in [-0.2, 0) is 5.41 Å². The van der Waals surface area contributed by atoms with Crippen molar-refractivity contribution in [1.82, 2.24) is 28.2 Å². The molecule has 14 aromatic carbocycles. The second-order valence-electron chi connectivity index (χ2n) is 26.4. The molecule has 20 aromatic rings. The number of aromatic nitrogens is 6. The van der Waals surface area contributed by atoms with Crippen LogP contribution >= 0.6 is 0 Å². The molecular formula is C89H56N6O. The van der Waals surface area contributed by atoms with Crippen molar-refractivity contribution in [1.29, 1.82) is 0 Å². The fourth-order valence-electron chi connectivity index (χ4n) is 16.6. The molecule has 0 fully saturated rings. The summed E-state index contributed by atoms with van der Waals surface area (Å²) >= 11 is 0. The Morgan fingerprint density at radius 2 is 0.760 bits per heavy atom. The van der Waals surface area contributed by atoms with Gasteiger partial charge in [0.1, 0.15) is 17.0 Å². The van der Waals surface area contributed by atoms with Crippen molar-refractivity contribution in [2.75, 3.05) is 0 Å². The highest BCUT2D eigenvalue weighted by Crippen LogP contribution is 2.52. The van der Waals surface area contributed by atoms with Gasteiger partial charge in [-0.15, -0.1) is 0 Å². The summed E-state index contributed by atoms with van der Waals surface area (Å²) < 4.78 is 15.8. The van der Waals surface area contributed by atoms with Crippen molar-refractivity contribution in [3.8, 4) is 67.8 Å². The highest BCUT2D eigenvalue weighted by Gasteiger charge is 2.36. The molecule has 1 aliphatic carbocycles. The maximum atomic E-state index is 6.30. The van der Waals surface area contributed by atoms with E-state index in [0.29, 0.717) is 5.95 Å². The van der Waals surface area contributed by atoms with Crippen LogP contribution in [0.1, 0.15) is 25.0 Å². The standard InChI is InChI=1S/C89H56N6O/c1-89(2)73-30-14-8-23-59(73)68-50-71-65-28-12-18-34-79(65)95(84(71)51-74(68)89)88-90-75(52-87(91-88)94-78-33-17-11-27-64(78)70-46-53(38-43-82(70)94)55-39-45-86-72(48-55)67-29-13-19-35-85(67)96-86)60-41-44-80(61-24-7-6-22-58(60)61)93-77-32-16-9-25-62(77)66-40-36-56(49-83(66)93)54-37-42-81-69(47-54)63-26-10-15-31-76(63)92(81)57-20-4-3-5-21-57/h3-52H,1-2H3. The molecule has 0 amide bonds. The molecule has 0 unspecified atom stereocenters. The third-order valence-corrected chi connectivity index (χ3v) is 21.0. The average molecular weight is 1230 g/mol. The van der Waals surface area contributed by atoms with Crippen LogP contribution in [-0.4, -0.2) is 28.2 Å². The van der Waals surface area contributed by atoms with E-state index in [1.807, 2.05) is 12.1 Å². The molecule has 7 heteroatoms. The van der Waals surface area contributed by atoms with Gasteiger partial charge in [0.25, 0.3) is 0 Å². The Kier molecular flexibility index (Phi) is 10.9. The molecule has 21 rings (SSSR count). The summed E-state index contributed by atoms with van der Waals surface area (Å²) in [5.74, 6) is 1.36. The summed E-state index contributed by atoms with van der Waals surface area (Å²) in [6.07, 6.45) is 0. The van der Waals surface area contributed by atoms with Gasteiger partial charge in [-0.05, 0) is 153 Å². The van der Waals surface area contributed by atoms with E-state index in [-0.39, 0.29) is 5.41 Å². The zero-order valence-corrected chi connectivity index (χ0v) is 52.5. The molecule has 0 atom stereocenters. The van der Waals surface area contributed by atoms with Gasteiger partial charge in [-0.25, -0.2) is 4.98 Å². The minimum absolute atomic E-state index is 0.229. The van der Waals surface area contributed by atoms with Crippen LogP contribution in [0.5, 0.6) is 0 Å². The average Bonchev–Trinajstić information content (AvgIpc) is 1.54. The topological polar surface area (TPSA) is 58.6 Å². The Labute approximate surface area is 550 Å². The fraction of sp³-hybridized carbons (Fsp3) is 0.0337. The second kappa shape index (κ2) is 19.7. The van der Waals surface area contributed by atoms with Crippen LogP contribution < -0.4 is 0 Å². The van der Waals surface area contributed by atoms with Gasteiger partial charge < -0.3 is 13.6 Å². The lowest BCUT2D eigenvalue weighted by atomic mass is 9.82. The van der Waals surface area contributed by atoms with Gasteiger partial charge in [-0.1, -0.05) is 208 Å². The van der Waals surface area contributed by atoms with Gasteiger partial charge in [-0.2, -0.15) is 4.98 Å². The normalized spacial score (nSPS) is 13.0. The number of hydrogen-bond donors (Lipinski definition) is 0. The third-order valence-electron chi connectivity index (χ3n) is 21.0. The molecule has 1 aliphatic rings. The highest BCUT2D eigenvalue weighted by molar-refractivity contribution is 6.16. The van der Waals surface area contributed by atoms with Crippen molar-refractivity contribution in [3.63, 3.8) is 0 Å². The first kappa shape index (κ1) is 53.0. The largest absolute Gasteiger partial charge is 0.456 e. The predicted octanol–water partition coefficient (Wildman–Crippen LogP) is 23.2.